The summed E-state index contributed by atoms with van der Waals surface area (Å²) in [5, 5.41) is 7.47. The highest BCUT2D eigenvalue weighted by Gasteiger charge is 2.52. The molecule has 19 aromatic rings. The van der Waals surface area contributed by atoms with E-state index in [9.17, 15) is 0 Å². The summed E-state index contributed by atoms with van der Waals surface area (Å²) in [4.78, 5) is 9.58. The molecule has 4 aliphatic rings. The van der Waals surface area contributed by atoms with E-state index in [0.29, 0.717) is 0 Å². The number of hydrogen-bond donors (Lipinski definition) is 0. The summed E-state index contributed by atoms with van der Waals surface area (Å²) in [6.07, 6.45) is 0. The van der Waals surface area contributed by atoms with Gasteiger partial charge in [-0.1, -0.05) is 298 Å². The van der Waals surface area contributed by atoms with Gasteiger partial charge in [-0.25, -0.2) is 0 Å². The van der Waals surface area contributed by atoms with Crippen molar-refractivity contribution in [2.24, 2.45) is 0 Å². The molecule has 0 fully saturated rings. The predicted molar refractivity (Wildman–Crippen MR) is 510 cm³/mol. The Hall–Kier alpha value is -14.7. The summed E-state index contributed by atoms with van der Waals surface area (Å²) in [5.74, 6) is 4.01. The van der Waals surface area contributed by atoms with Crippen LogP contribution in [0.5, 0.6) is 0 Å². The standard InChI is InChI=1S/C60H46N2O.C56H44N2O/c1-59(2)52-37-45(61(42-21-10-6-11-22-42)44-30-33-48-41(36-44)29-28-40-20-14-15-25-47(40)48)31-34-50(52)57-55(59)56-58(63-57)51-35-32-46(38-53(51)60(56,3)4)62(43-23-12-7-13-24-43)54-27-17-16-26-49(54)39-18-8-5-9-19-39;1-55(2)48-35-43(57(40-22-10-6-11-23-40)42-29-28-37-18-14-15-21-39(37)34-42)30-32-46(48)53-51(55)52-54(59-53)47-33-31-44(36-49(47)56(52,3)4)58(41-24-12-7-13-25-41)50-27-17-16-26-45(50)38-19-8-5-9-20-38/h5-38H,1-4H3;5-36H,1-4H3. The molecule has 0 atom stereocenters. The number of furan rings is 2. The van der Waals surface area contributed by atoms with Crippen LogP contribution in [0.1, 0.15) is 99.9 Å². The van der Waals surface area contributed by atoms with E-state index in [1.807, 2.05) is 0 Å². The third-order valence-corrected chi connectivity index (χ3v) is 26.5. The van der Waals surface area contributed by atoms with Gasteiger partial charge in [0.25, 0.3) is 0 Å². The molecule has 122 heavy (non-hydrogen) atoms. The van der Waals surface area contributed by atoms with Crippen molar-refractivity contribution in [3.8, 4) is 67.5 Å². The maximum absolute atomic E-state index is 7.17. The second kappa shape index (κ2) is 28.5. The first-order chi connectivity index (χ1) is 59.6. The Labute approximate surface area is 713 Å². The van der Waals surface area contributed by atoms with Gasteiger partial charge in [-0.2, -0.15) is 0 Å². The van der Waals surface area contributed by atoms with Gasteiger partial charge in [0.05, 0.1) is 11.4 Å². The minimum absolute atomic E-state index is 0.295. The molecular formula is C116H90N4O2. The number of rotatable bonds is 14. The van der Waals surface area contributed by atoms with E-state index >= 15 is 0 Å². The molecule has 0 bridgehead atoms. The Morgan fingerprint density at radius 3 is 0.836 bits per heavy atom. The van der Waals surface area contributed by atoms with Crippen LogP contribution in [0.4, 0.5) is 68.2 Å². The van der Waals surface area contributed by atoms with Crippen molar-refractivity contribution < 1.29 is 8.83 Å². The normalized spacial score (nSPS) is 14.0. The molecule has 6 nitrogen and oxygen atoms in total. The average Bonchev–Trinajstić information content (AvgIpc) is 1.52. The summed E-state index contributed by atoms with van der Waals surface area (Å²) >= 11 is 0. The predicted octanol–water partition coefficient (Wildman–Crippen LogP) is 32.5. The Balaban J connectivity index is 0.000000146. The maximum Gasteiger partial charge on any atom is 0.139 e. The fourth-order valence-electron chi connectivity index (χ4n) is 20.7. The van der Waals surface area contributed by atoms with Crippen LogP contribution in [0.15, 0.2) is 409 Å². The first-order valence-electron chi connectivity index (χ1n) is 42.6. The van der Waals surface area contributed by atoms with Gasteiger partial charge in [-0.05, 0) is 223 Å². The van der Waals surface area contributed by atoms with Crippen LogP contribution < -0.4 is 19.6 Å². The van der Waals surface area contributed by atoms with E-state index in [-0.39, 0.29) is 21.7 Å². The smallest absolute Gasteiger partial charge is 0.139 e. The van der Waals surface area contributed by atoms with E-state index in [4.69, 9.17) is 8.83 Å². The van der Waals surface area contributed by atoms with Gasteiger partial charge < -0.3 is 28.4 Å². The first kappa shape index (κ1) is 73.6. The number of benzene rings is 17. The van der Waals surface area contributed by atoms with E-state index in [1.165, 1.54) is 121 Å². The summed E-state index contributed by atoms with van der Waals surface area (Å²) in [5.41, 5.74) is 32.0. The molecule has 0 saturated carbocycles. The molecular weight excluding hydrogens is 1480 g/mol. The van der Waals surface area contributed by atoms with Crippen LogP contribution >= 0.6 is 0 Å². The van der Waals surface area contributed by atoms with Gasteiger partial charge in [0.15, 0.2) is 0 Å². The molecule has 2 heterocycles. The van der Waals surface area contributed by atoms with Crippen molar-refractivity contribution in [1.29, 1.82) is 0 Å². The largest absolute Gasteiger partial charge is 0.455 e. The minimum atomic E-state index is -0.313. The fourth-order valence-corrected chi connectivity index (χ4v) is 20.7. The van der Waals surface area contributed by atoms with Gasteiger partial charge in [-0.3, -0.25) is 0 Å². The lowest BCUT2D eigenvalue weighted by Gasteiger charge is -2.31. The minimum Gasteiger partial charge on any atom is -0.455 e. The molecule has 6 heteroatoms. The van der Waals surface area contributed by atoms with Crippen LogP contribution in [-0.2, 0) is 21.7 Å². The van der Waals surface area contributed by atoms with Crippen LogP contribution in [0, 0.1) is 0 Å². The van der Waals surface area contributed by atoms with Gasteiger partial charge in [0, 0.05) is 134 Å². The van der Waals surface area contributed by atoms with Crippen molar-refractivity contribution in [3.63, 3.8) is 0 Å². The molecule has 17 aromatic carbocycles. The van der Waals surface area contributed by atoms with Crippen LogP contribution in [0.25, 0.3) is 99.9 Å². The van der Waals surface area contributed by atoms with Crippen molar-refractivity contribution in [2.45, 2.75) is 77.0 Å². The van der Waals surface area contributed by atoms with Crippen molar-refractivity contribution in [2.75, 3.05) is 19.6 Å². The molecule has 0 saturated heterocycles. The monoisotopic (exact) mass is 1570 g/mol. The molecule has 0 unspecified atom stereocenters. The number of anilines is 12. The zero-order chi connectivity index (χ0) is 82.3. The second-order valence-corrected chi connectivity index (χ2v) is 35.1. The van der Waals surface area contributed by atoms with Crippen LogP contribution in [-0.4, -0.2) is 0 Å². The highest BCUT2D eigenvalue weighted by Crippen LogP contribution is 2.65. The molecule has 0 N–H and O–H groups in total. The zero-order valence-corrected chi connectivity index (χ0v) is 69.7. The molecule has 0 amide bonds. The van der Waals surface area contributed by atoms with E-state index in [0.717, 1.165) is 91.3 Å². The maximum atomic E-state index is 7.17. The molecule has 23 rings (SSSR count). The highest BCUT2D eigenvalue weighted by atomic mass is 16.3. The van der Waals surface area contributed by atoms with Gasteiger partial charge in [-0.15, -0.1) is 0 Å². The first-order valence-corrected chi connectivity index (χ1v) is 42.6. The van der Waals surface area contributed by atoms with Crippen molar-refractivity contribution >= 4 is 101 Å². The summed E-state index contributed by atoms with van der Waals surface area (Å²) in [6, 6.07) is 145. The highest BCUT2D eigenvalue weighted by molar-refractivity contribution is 6.09. The van der Waals surface area contributed by atoms with E-state index < -0.39 is 0 Å². The number of para-hydroxylation sites is 6. The Bertz CT molecular complexity index is 7320. The second-order valence-electron chi connectivity index (χ2n) is 35.1. The van der Waals surface area contributed by atoms with Crippen molar-refractivity contribution in [3.05, 3.63) is 445 Å². The Morgan fingerprint density at radius 2 is 0.443 bits per heavy atom. The third-order valence-electron chi connectivity index (χ3n) is 26.5. The molecule has 0 radical (unpaired) electrons. The van der Waals surface area contributed by atoms with Gasteiger partial charge in [0.2, 0.25) is 0 Å². The molecule has 0 spiro atoms. The SMILES string of the molecule is CC1(C)c2cc(N(c3ccccc3)c3ccc4c(ccc5ccccc54)c3)ccc2-c2oc3c(c21)C(C)(C)c1cc(N(c2ccccc2)c2ccccc2-c2ccccc2)ccc1-3.CC1(C)c2cc(N(c3ccccc3)c3ccc4ccccc4c3)ccc2-c2oc3c(c21)C(C)(C)c1cc(N(c2ccccc2)c2ccccc2-c2ccccc2)ccc1-3. The Kier molecular flexibility index (Phi) is 17.2. The summed E-state index contributed by atoms with van der Waals surface area (Å²) < 4.78 is 14.3. The molecule has 586 valence electrons. The van der Waals surface area contributed by atoms with Crippen LogP contribution in [0.3, 0.4) is 0 Å². The summed E-state index contributed by atoms with van der Waals surface area (Å²) in [6.45, 7) is 19.0. The number of nitrogens with zero attached hydrogens (tertiary/aromatic N) is 4. The average molecular weight is 1570 g/mol. The van der Waals surface area contributed by atoms with Crippen LogP contribution in [0.2, 0.25) is 0 Å². The third kappa shape index (κ3) is 11.7. The van der Waals surface area contributed by atoms with Gasteiger partial charge >= 0.3 is 0 Å². The van der Waals surface area contributed by atoms with Gasteiger partial charge in [0.1, 0.15) is 23.0 Å². The quantitative estimate of drug-likeness (QED) is 0.101. The summed E-state index contributed by atoms with van der Waals surface area (Å²) in [7, 11) is 0. The molecule has 0 aliphatic heterocycles. The Morgan fingerprint density at radius 1 is 0.180 bits per heavy atom. The number of fused-ring (bicyclic) bond motifs is 18. The molecule has 4 aliphatic carbocycles. The number of hydrogen-bond acceptors (Lipinski definition) is 6. The van der Waals surface area contributed by atoms with E-state index in [2.05, 4.69) is 475 Å². The lowest BCUT2D eigenvalue weighted by atomic mass is 9.74. The topological polar surface area (TPSA) is 39.2 Å². The fraction of sp³-hybridized carbons (Fsp3) is 0.103. The van der Waals surface area contributed by atoms with Crippen molar-refractivity contribution in [1.82, 2.24) is 0 Å². The van der Waals surface area contributed by atoms with E-state index in [1.54, 1.807) is 0 Å². The lowest BCUT2D eigenvalue weighted by Crippen LogP contribution is -2.23. The molecule has 2 aromatic heterocycles. The lowest BCUT2D eigenvalue weighted by molar-refractivity contribution is 0.592. The zero-order valence-electron chi connectivity index (χ0n) is 69.7.